The van der Waals surface area contributed by atoms with Gasteiger partial charge >= 0.3 is 5.97 Å². The number of hydrogen-bond acceptors (Lipinski definition) is 3. The number of carbonyl (C=O) groups excluding carboxylic acids is 1. The molecule has 0 saturated carbocycles. The van der Waals surface area contributed by atoms with E-state index in [1.54, 1.807) is 6.92 Å². The molecular formula is C7H13NO3S. The van der Waals surface area contributed by atoms with Crippen LogP contribution in [0.25, 0.3) is 0 Å². The van der Waals surface area contributed by atoms with Gasteiger partial charge in [-0.3, -0.25) is 9.59 Å². The highest BCUT2D eigenvalue weighted by Gasteiger charge is 2.41. The maximum atomic E-state index is 10.9. The van der Waals surface area contributed by atoms with Gasteiger partial charge in [0.2, 0.25) is 5.91 Å². The van der Waals surface area contributed by atoms with Crippen molar-refractivity contribution in [1.82, 2.24) is 0 Å². The molecule has 0 aliphatic heterocycles. The number of thiol groups is 1. The molecule has 0 spiro atoms. The largest absolute Gasteiger partial charge is 0.480 e. The smallest absolute Gasteiger partial charge is 0.319 e. The molecule has 1 amide bonds. The van der Waals surface area contributed by atoms with Crippen LogP contribution in [-0.4, -0.2) is 22.7 Å². The average molecular weight is 191 g/mol. The van der Waals surface area contributed by atoms with E-state index >= 15 is 0 Å². The molecule has 0 fully saturated rings. The Balaban J connectivity index is 4.76. The summed E-state index contributed by atoms with van der Waals surface area (Å²) in [5.41, 5.74) is 3.59. The molecule has 4 nitrogen and oxygen atoms in total. The molecule has 5 heteroatoms. The normalized spacial score (nSPS) is 15.2. The van der Waals surface area contributed by atoms with E-state index in [0.29, 0.717) is 5.75 Å². The Hall–Kier alpha value is -0.710. The summed E-state index contributed by atoms with van der Waals surface area (Å²) in [6.45, 7) is 1.63. The van der Waals surface area contributed by atoms with E-state index in [4.69, 9.17) is 10.8 Å². The van der Waals surface area contributed by atoms with Crippen molar-refractivity contribution in [2.75, 3.05) is 5.75 Å². The minimum Gasteiger partial charge on any atom is -0.480 e. The number of carboxylic acid groups (broad SMARTS) is 1. The van der Waals surface area contributed by atoms with E-state index in [2.05, 4.69) is 12.6 Å². The molecule has 0 aliphatic carbocycles. The standard InChI is InChI=1S/C7H13NO3S/c1-2-7(3-4-12,5(8)9)6(10)11/h12H,2-4H2,1H3,(H2,8,9)(H,10,11). The molecule has 70 valence electrons. The number of carboxylic acids is 1. The van der Waals surface area contributed by atoms with Crippen molar-refractivity contribution >= 4 is 24.5 Å². The van der Waals surface area contributed by atoms with Crippen molar-refractivity contribution in [3.05, 3.63) is 0 Å². The van der Waals surface area contributed by atoms with E-state index in [0.717, 1.165) is 0 Å². The van der Waals surface area contributed by atoms with Crippen LogP contribution in [-0.2, 0) is 9.59 Å². The first-order valence-electron chi connectivity index (χ1n) is 3.65. The highest BCUT2D eigenvalue weighted by Crippen LogP contribution is 2.26. The number of rotatable bonds is 5. The van der Waals surface area contributed by atoms with Gasteiger partial charge in [-0.1, -0.05) is 6.92 Å². The molecule has 3 N–H and O–H groups in total. The van der Waals surface area contributed by atoms with Gasteiger partial charge in [0.15, 0.2) is 0 Å². The number of carbonyl (C=O) groups is 2. The molecular weight excluding hydrogens is 178 g/mol. The van der Waals surface area contributed by atoms with Crippen LogP contribution in [0.2, 0.25) is 0 Å². The zero-order valence-electron chi connectivity index (χ0n) is 6.91. The second-order valence-electron chi connectivity index (χ2n) is 2.58. The maximum Gasteiger partial charge on any atom is 0.319 e. The Morgan fingerprint density at radius 2 is 2.08 bits per heavy atom. The van der Waals surface area contributed by atoms with Gasteiger partial charge in [0, 0.05) is 0 Å². The fourth-order valence-corrected chi connectivity index (χ4v) is 1.41. The number of primary amides is 1. The van der Waals surface area contributed by atoms with Crippen molar-refractivity contribution in [2.24, 2.45) is 11.1 Å². The summed E-state index contributed by atoms with van der Waals surface area (Å²) in [5, 5.41) is 8.79. The lowest BCUT2D eigenvalue weighted by Crippen LogP contribution is -2.43. The van der Waals surface area contributed by atoms with Crippen molar-refractivity contribution in [3.63, 3.8) is 0 Å². The summed E-state index contributed by atoms with van der Waals surface area (Å²) in [4.78, 5) is 21.6. The summed E-state index contributed by atoms with van der Waals surface area (Å²) in [6.07, 6.45) is 0.384. The van der Waals surface area contributed by atoms with Crippen LogP contribution in [0.5, 0.6) is 0 Å². The van der Waals surface area contributed by atoms with E-state index in [-0.39, 0.29) is 12.8 Å². The van der Waals surface area contributed by atoms with Crippen molar-refractivity contribution in [1.29, 1.82) is 0 Å². The summed E-state index contributed by atoms with van der Waals surface area (Å²) < 4.78 is 0. The molecule has 0 aromatic heterocycles. The van der Waals surface area contributed by atoms with Crippen LogP contribution >= 0.6 is 12.6 Å². The van der Waals surface area contributed by atoms with Crippen LogP contribution in [0.15, 0.2) is 0 Å². The van der Waals surface area contributed by atoms with Gasteiger partial charge in [-0.05, 0) is 18.6 Å². The minimum atomic E-state index is -1.43. The molecule has 0 radical (unpaired) electrons. The van der Waals surface area contributed by atoms with Gasteiger partial charge in [0.25, 0.3) is 0 Å². The van der Waals surface area contributed by atoms with Gasteiger partial charge in [-0.15, -0.1) is 0 Å². The lowest BCUT2D eigenvalue weighted by molar-refractivity contribution is -0.155. The second kappa shape index (κ2) is 4.35. The predicted octanol–water partition coefficient (Wildman–Crippen LogP) is 0.273. The Morgan fingerprint density at radius 1 is 1.58 bits per heavy atom. The number of hydrogen-bond donors (Lipinski definition) is 3. The van der Waals surface area contributed by atoms with Crippen LogP contribution in [0.3, 0.4) is 0 Å². The number of amides is 1. The number of nitrogens with two attached hydrogens (primary N) is 1. The first-order valence-corrected chi connectivity index (χ1v) is 4.28. The molecule has 0 aliphatic rings. The van der Waals surface area contributed by atoms with E-state index in [1.807, 2.05) is 0 Å². The first-order chi connectivity index (χ1) is 5.51. The minimum absolute atomic E-state index is 0.178. The zero-order chi connectivity index (χ0) is 9.78. The predicted molar refractivity (Wildman–Crippen MR) is 48.0 cm³/mol. The second-order valence-corrected chi connectivity index (χ2v) is 3.03. The number of aliphatic carboxylic acids is 1. The Kier molecular flexibility index (Phi) is 4.09. The molecule has 0 bridgehead atoms. The van der Waals surface area contributed by atoms with E-state index in [1.165, 1.54) is 0 Å². The highest BCUT2D eigenvalue weighted by atomic mass is 32.1. The summed E-state index contributed by atoms with van der Waals surface area (Å²) in [6, 6.07) is 0. The maximum absolute atomic E-state index is 10.9. The quantitative estimate of drug-likeness (QED) is 0.431. The van der Waals surface area contributed by atoms with Crippen LogP contribution in [0.1, 0.15) is 19.8 Å². The van der Waals surface area contributed by atoms with Gasteiger partial charge < -0.3 is 10.8 Å². The van der Waals surface area contributed by atoms with Crippen molar-refractivity contribution in [3.8, 4) is 0 Å². The monoisotopic (exact) mass is 191 g/mol. The third-order valence-corrected chi connectivity index (χ3v) is 2.25. The fraction of sp³-hybridized carbons (Fsp3) is 0.714. The molecule has 1 unspecified atom stereocenters. The van der Waals surface area contributed by atoms with E-state index < -0.39 is 17.3 Å². The molecule has 0 aromatic carbocycles. The summed E-state index contributed by atoms with van der Waals surface area (Å²) >= 11 is 3.89. The summed E-state index contributed by atoms with van der Waals surface area (Å²) in [7, 11) is 0. The van der Waals surface area contributed by atoms with Crippen molar-refractivity contribution < 1.29 is 14.7 Å². The Labute approximate surface area is 76.5 Å². The molecule has 0 rings (SSSR count). The first kappa shape index (κ1) is 11.3. The molecule has 0 saturated heterocycles. The Bertz CT molecular complexity index is 179. The fourth-order valence-electron chi connectivity index (χ4n) is 1.03. The van der Waals surface area contributed by atoms with Gasteiger partial charge in [0.1, 0.15) is 5.41 Å². The van der Waals surface area contributed by atoms with E-state index in [9.17, 15) is 9.59 Å². The van der Waals surface area contributed by atoms with Gasteiger partial charge in [-0.25, -0.2) is 0 Å². The topological polar surface area (TPSA) is 80.4 Å². The molecule has 0 aromatic rings. The van der Waals surface area contributed by atoms with Gasteiger partial charge in [-0.2, -0.15) is 12.6 Å². The lowest BCUT2D eigenvalue weighted by Gasteiger charge is -2.23. The lowest BCUT2D eigenvalue weighted by atomic mass is 9.82. The Morgan fingerprint density at radius 3 is 2.17 bits per heavy atom. The van der Waals surface area contributed by atoms with Crippen LogP contribution in [0.4, 0.5) is 0 Å². The third-order valence-electron chi connectivity index (χ3n) is 2.02. The highest BCUT2D eigenvalue weighted by molar-refractivity contribution is 7.80. The van der Waals surface area contributed by atoms with Crippen LogP contribution in [0, 0.1) is 5.41 Å². The zero-order valence-corrected chi connectivity index (χ0v) is 7.80. The molecule has 12 heavy (non-hydrogen) atoms. The summed E-state index contributed by atoms with van der Waals surface area (Å²) in [5.74, 6) is -1.61. The van der Waals surface area contributed by atoms with Crippen molar-refractivity contribution in [2.45, 2.75) is 19.8 Å². The average Bonchev–Trinajstić information content (AvgIpc) is 1.98. The third kappa shape index (κ3) is 1.91. The molecule has 1 atom stereocenters. The van der Waals surface area contributed by atoms with Gasteiger partial charge in [0.05, 0.1) is 0 Å². The van der Waals surface area contributed by atoms with Crippen LogP contribution < -0.4 is 5.73 Å². The SMILES string of the molecule is CCC(CCS)(C(N)=O)C(=O)O. The molecule has 0 heterocycles.